The minimum atomic E-state index is -0.0958. The Morgan fingerprint density at radius 3 is 2.59 bits per heavy atom. The number of amides is 1. The van der Waals surface area contributed by atoms with Gasteiger partial charge in [0.1, 0.15) is 6.61 Å². The highest BCUT2D eigenvalue weighted by Gasteiger charge is 2.41. The lowest BCUT2D eigenvalue weighted by atomic mass is 9.78. The maximum Gasteiger partial charge on any atom is 0.252 e. The van der Waals surface area contributed by atoms with Crippen molar-refractivity contribution in [3.8, 4) is 0 Å². The van der Waals surface area contributed by atoms with Gasteiger partial charge in [-0.3, -0.25) is 4.79 Å². The molecule has 1 aromatic heterocycles. The van der Waals surface area contributed by atoms with Gasteiger partial charge in [-0.05, 0) is 77.3 Å². The molecule has 0 bridgehead atoms. The van der Waals surface area contributed by atoms with E-state index in [4.69, 9.17) is 14.0 Å². The van der Waals surface area contributed by atoms with Crippen LogP contribution in [-0.4, -0.2) is 77.4 Å². The van der Waals surface area contributed by atoms with Crippen LogP contribution < -0.4 is 0 Å². The molecule has 4 heterocycles. The fraction of sp³-hybridized carbons (Fsp3) is 0.875. The third-order valence-corrected chi connectivity index (χ3v) is 7.71. The van der Waals surface area contributed by atoms with Gasteiger partial charge >= 0.3 is 0 Å². The van der Waals surface area contributed by atoms with Crippen LogP contribution in [0.15, 0.2) is 4.52 Å². The highest BCUT2D eigenvalue weighted by atomic mass is 16.5. The van der Waals surface area contributed by atoms with E-state index in [2.05, 4.69) is 33.8 Å². The topological polar surface area (TPSA) is 80.9 Å². The summed E-state index contributed by atoms with van der Waals surface area (Å²) in [5.74, 6) is 2.67. The molecule has 3 aliphatic rings. The second-order valence-electron chi connectivity index (χ2n) is 10.3. The molecule has 32 heavy (non-hydrogen) atoms. The number of methoxy groups -OCH3 is 1. The molecule has 1 unspecified atom stereocenters. The molecule has 0 aromatic carbocycles. The van der Waals surface area contributed by atoms with Gasteiger partial charge in [-0.15, -0.1) is 0 Å². The van der Waals surface area contributed by atoms with Gasteiger partial charge in [0.15, 0.2) is 5.82 Å². The third-order valence-electron chi connectivity index (χ3n) is 7.71. The number of piperidine rings is 2. The van der Waals surface area contributed by atoms with Crippen LogP contribution in [0.1, 0.15) is 70.5 Å². The van der Waals surface area contributed by atoms with Crippen molar-refractivity contribution in [2.75, 3.05) is 39.9 Å². The van der Waals surface area contributed by atoms with Crippen molar-refractivity contribution >= 4 is 5.91 Å². The zero-order valence-electron chi connectivity index (χ0n) is 20.1. The van der Waals surface area contributed by atoms with Crippen LogP contribution in [-0.2, 0) is 27.3 Å². The minimum absolute atomic E-state index is 0.0958. The van der Waals surface area contributed by atoms with E-state index >= 15 is 0 Å². The van der Waals surface area contributed by atoms with Gasteiger partial charge in [0.2, 0.25) is 5.91 Å². The number of aromatic nitrogens is 2. The summed E-state index contributed by atoms with van der Waals surface area (Å²) >= 11 is 0. The van der Waals surface area contributed by atoms with Crippen molar-refractivity contribution in [1.29, 1.82) is 0 Å². The first-order chi connectivity index (χ1) is 15.5. The standard InChI is InChI=1S/C24H40N4O4/c1-18(2)27-9-4-19(5-10-27)15-23(29)28-11-7-24(8-12-28)16-20(6-13-31-24)14-21-25-22(17-30-3)32-26-21/h18-20H,4-17H2,1-3H3. The van der Waals surface area contributed by atoms with Crippen LogP contribution in [0, 0.1) is 11.8 Å². The lowest BCUT2D eigenvalue weighted by molar-refractivity contribution is -0.148. The number of rotatable bonds is 7. The molecule has 1 atom stereocenters. The first-order valence-corrected chi connectivity index (χ1v) is 12.4. The number of carbonyl (C=O) groups is 1. The molecule has 3 aliphatic heterocycles. The Morgan fingerprint density at radius 1 is 1.16 bits per heavy atom. The molecule has 0 saturated carbocycles. The van der Waals surface area contributed by atoms with E-state index in [9.17, 15) is 4.79 Å². The summed E-state index contributed by atoms with van der Waals surface area (Å²) in [5.41, 5.74) is -0.0958. The monoisotopic (exact) mass is 448 g/mol. The van der Waals surface area contributed by atoms with E-state index in [1.54, 1.807) is 7.11 Å². The van der Waals surface area contributed by atoms with Gasteiger partial charge in [0.25, 0.3) is 5.89 Å². The maximum atomic E-state index is 12.9. The Hall–Kier alpha value is -1.51. The van der Waals surface area contributed by atoms with Crippen molar-refractivity contribution in [1.82, 2.24) is 19.9 Å². The van der Waals surface area contributed by atoms with E-state index < -0.39 is 0 Å². The minimum Gasteiger partial charge on any atom is -0.375 e. The molecule has 180 valence electrons. The van der Waals surface area contributed by atoms with Crippen molar-refractivity contribution < 1.29 is 18.8 Å². The molecule has 8 nitrogen and oxygen atoms in total. The lowest BCUT2D eigenvalue weighted by Crippen LogP contribution is -2.51. The first kappa shape index (κ1) is 23.6. The molecule has 1 spiro atoms. The Balaban J connectivity index is 1.23. The number of ether oxygens (including phenoxy) is 2. The summed E-state index contributed by atoms with van der Waals surface area (Å²) in [5, 5.41) is 4.10. The highest BCUT2D eigenvalue weighted by Crippen LogP contribution is 2.39. The number of nitrogens with zero attached hydrogens (tertiary/aromatic N) is 4. The second-order valence-corrected chi connectivity index (χ2v) is 10.3. The third kappa shape index (κ3) is 5.88. The van der Waals surface area contributed by atoms with Crippen molar-refractivity contribution in [3.05, 3.63) is 11.7 Å². The zero-order valence-corrected chi connectivity index (χ0v) is 20.1. The maximum absolute atomic E-state index is 12.9. The van der Waals surface area contributed by atoms with Gasteiger partial charge in [0, 0.05) is 45.7 Å². The van der Waals surface area contributed by atoms with E-state index in [1.807, 2.05) is 0 Å². The van der Waals surface area contributed by atoms with Gasteiger partial charge in [-0.25, -0.2) is 0 Å². The molecule has 0 aliphatic carbocycles. The molecule has 0 N–H and O–H groups in total. The van der Waals surface area contributed by atoms with Crippen LogP contribution in [0.4, 0.5) is 0 Å². The normalized spacial score (nSPS) is 25.0. The smallest absolute Gasteiger partial charge is 0.252 e. The van der Waals surface area contributed by atoms with Crippen molar-refractivity contribution in [2.45, 2.75) is 83.5 Å². The van der Waals surface area contributed by atoms with E-state index in [0.29, 0.717) is 42.7 Å². The number of likely N-dealkylation sites (tertiary alicyclic amines) is 2. The summed E-state index contributed by atoms with van der Waals surface area (Å²) < 4.78 is 16.6. The van der Waals surface area contributed by atoms with Gasteiger partial charge in [0.05, 0.1) is 5.60 Å². The Kier molecular flexibility index (Phi) is 7.84. The SMILES string of the molecule is COCc1nc(CC2CCOC3(CCN(C(=O)CC4CCN(C(C)C)CC4)CC3)C2)no1. The van der Waals surface area contributed by atoms with Crippen molar-refractivity contribution in [2.24, 2.45) is 11.8 Å². The Labute approximate surface area is 192 Å². The summed E-state index contributed by atoms with van der Waals surface area (Å²) in [7, 11) is 1.62. The Bertz CT molecular complexity index is 736. The fourth-order valence-corrected chi connectivity index (χ4v) is 5.68. The van der Waals surface area contributed by atoms with Crippen LogP contribution in [0.2, 0.25) is 0 Å². The van der Waals surface area contributed by atoms with Crippen LogP contribution in [0.3, 0.4) is 0 Å². The molecule has 3 fully saturated rings. The molecule has 8 heteroatoms. The molecule has 1 aromatic rings. The molecular formula is C24H40N4O4. The fourth-order valence-electron chi connectivity index (χ4n) is 5.68. The lowest BCUT2D eigenvalue weighted by Gasteiger charge is -2.46. The summed E-state index contributed by atoms with van der Waals surface area (Å²) in [6.45, 7) is 9.53. The molecule has 3 saturated heterocycles. The highest BCUT2D eigenvalue weighted by molar-refractivity contribution is 5.76. The molecule has 4 rings (SSSR count). The first-order valence-electron chi connectivity index (χ1n) is 12.4. The summed E-state index contributed by atoms with van der Waals surface area (Å²) in [4.78, 5) is 22.0. The van der Waals surface area contributed by atoms with Gasteiger partial charge < -0.3 is 23.8 Å². The van der Waals surface area contributed by atoms with Crippen LogP contribution in [0.5, 0.6) is 0 Å². The molecule has 0 radical (unpaired) electrons. The largest absolute Gasteiger partial charge is 0.375 e. The predicted molar refractivity (Wildman–Crippen MR) is 120 cm³/mol. The van der Waals surface area contributed by atoms with Crippen molar-refractivity contribution in [3.63, 3.8) is 0 Å². The van der Waals surface area contributed by atoms with E-state index in [1.165, 1.54) is 0 Å². The van der Waals surface area contributed by atoms with E-state index in [0.717, 1.165) is 83.6 Å². The second kappa shape index (κ2) is 10.6. The number of carbonyl (C=O) groups excluding carboxylic acids is 1. The van der Waals surface area contributed by atoms with Gasteiger partial charge in [-0.1, -0.05) is 5.16 Å². The number of hydrogen-bond acceptors (Lipinski definition) is 7. The average molecular weight is 449 g/mol. The summed E-state index contributed by atoms with van der Waals surface area (Å²) in [6, 6.07) is 0.608. The zero-order chi connectivity index (χ0) is 22.6. The average Bonchev–Trinajstić information content (AvgIpc) is 3.22. The van der Waals surface area contributed by atoms with E-state index in [-0.39, 0.29) is 5.60 Å². The molecule has 1 amide bonds. The Morgan fingerprint density at radius 2 is 1.91 bits per heavy atom. The number of hydrogen-bond donors (Lipinski definition) is 0. The predicted octanol–water partition coefficient (Wildman–Crippen LogP) is 3.06. The van der Waals surface area contributed by atoms with Crippen LogP contribution >= 0.6 is 0 Å². The summed E-state index contributed by atoms with van der Waals surface area (Å²) in [6.07, 6.45) is 7.72. The molecular weight excluding hydrogens is 408 g/mol. The quantitative estimate of drug-likeness (QED) is 0.634. The van der Waals surface area contributed by atoms with Crippen LogP contribution in [0.25, 0.3) is 0 Å². The van der Waals surface area contributed by atoms with Gasteiger partial charge in [-0.2, -0.15) is 4.98 Å².